The number of alkyl halides is 3. The molecular formula is C13H17F3N2O3S. The van der Waals surface area contributed by atoms with Crippen molar-refractivity contribution in [1.82, 2.24) is 9.62 Å². The lowest BCUT2D eigenvalue weighted by Crippen LogP contribution is -2.43. The molecule has 1 aromatic rings. The molecule has 2 rings (SSSR count). The number of hydrogen-bond donors (Lipinski definition) is 2. The van der Waals surface area contributed by atoms with Gasteiger partial charge >= 0.3 is 6.18 Å². The van der Waals surface area contributed by atoms with Gasteiger partial charge in [0.2, 0.25) is 10.0 Å². The number of sulfonamides is 1. The minimum absolute atomic E-state index is 0.156. The average molecular weight is 338 g/mol. The summed E-state index contributed by atoms with van der Waals surface area (Å²) in [7, 11) is -2.29. The van der Waals surface area contributed by atoms with Gasteiger partial charge in [0.25, 0.3) is 0 Å². The molecule has 0 amide bonds. The van der Waals surface area contributed by atoms with Crippen LogP contribution in [0.15, 0.2) is 23.1 Å². The number of aliphatic hydroxyl groups excluding tert-OH is 1. The van der Waals surface area contributed by atoms with Crippen molar-refractivity contribution in [3.63, 3.8) is 0 Å². The van der Waals surface area contributed by atoms with Crippen LogP contribution in [0.2, 0.25) is 0 Å². The Hall–Kier alpha value is -1.16. The van der Waals surface area contributed by atoms with E-state index in [2.05, 4.69) is 4.72 Å². The molecule has 1 aliphatic heterocycles. The molecule has 2 N–H and O–H groups in total. The monoisotopic (exact) mass is 338 g/mol. The van der Waals surface area contributed by atoms with Crippen LogP contribution >= 0.6 is 0 Å². The summed E-state index contributed by atoms with van der Waals surface area (Å²) in [6.07, 6.45) is -6.74. The van der Waals surface area contributed by atoms with Gasteiger partial charge in [0, 0.05) is 19.6 Å². The van der Waals surface area contributed by atoms with Gasteiger partial charge < -0.3 is 5.11 Å². The Balaban J connectivity index is 2.21. The van der Waals surface area contributed by atoms with Crippen LogP contribution < -0.4 is 4.72 Å². The fourth-order valence-electron chi connectivity index (χ4n) is 2.50. The Morgan fingerprint density at radius 3 is 2.68 bits per heavy atom. The highest BCUT2D eigenvalue weighted by Gasteiger charge is 2.39. The molecule has 0 radical (unpaired) electrons. The quantitative estimate of drug-likeness (QED) is 0.855. The summed E-state index contributed by atoms with van der Waals surface area (Å²) >= 11 is 0. The van der Waals surface area contributed by atoms with E-state index < -0.39 is 28.8 Å². The molecule has 0 saturated heterocycles. The van der Waals surface area contributed by atoms with E-state index >= 15 is 0 Å². The van der Waals surface area contributed by atoms with Crippen LogP contribution in [-0.4, -0.2) is 50.8 Å². The number of rotatable bonds is 4. The summed E-state index contributed by atoms with van der Waals surface area (Å²) in [4.78, 5) is 1.62. The summed E-state index contributed by atoms with van der Waals surface area (Å²) in [5.74, 6) is 0. The van der Waals surface area contributed by atoms with Crippen LogP contribution in [0.5, 0.6) is 0 Å². The van der Waals surface area contributed by atoms with Gasteiger partial charge in [-0.1, -0.05) is 12.1 Å². The Bertz CT molecular complexity index is 646. The van der Waals surface area contributed by atoms with E-state index in [1.807, 2.05) is 0 Å². The second-order valence-corrected chi connectivity index (χ2v) is 7.00. The van der Waals surface area contributed by atoms with Crippen LogP contribution in [0, 0.1) is 0 Å². The third-order valence-corrected chi connectivity index (χ3v) is 5.17. The summed E-state index contributed by atoms with van der Waals surface area (Å²) in [6, 6.07) is 4.73. The predicted molar refractivity (Wildman–Crippen MR) is 73.7 cm³/mol. The molecule has 124 valence electrons. The average Bonchev–Trinajstić information content (AvgIpc) is 2.45. The molecule has 0 aliphatic carbocycles. The molecule has 0 fully saturated rings. The molecule has 5 nitrogen and oxygen atoms in total. The lowest BCUT2D eigenvalue weighted by atomic mass is 9.99. The number of nitrogens with one attached hydrogen (secondary N) is 1. The summed E-state index contributed by atoms with van der Waals surface area (Å²) < 4.78 is 63.3. The number of benzene rings is 1. The van der Waals surface area contributed by atoms with Crippen molar-refractivity contribution < 1.29 is 26.7 Å². The summed E-state index contributed by atoms with van der Waals surface area (Å²) in [5.41, 5.74) is 1.28. The first-order valence-electron chi connectivity index (χ1n) is 6.66. The van der Waals surface area contributed by atoms with E-state index in [-0.39, 0.29) is 18.0 Å². The van der Waals surface area contributed by atoms with Gasteiger partial charge in [0.05, 0.1) is 4.90 Å². The summed E-state index contributed by atoms with van der Waals surface area (Å²) in [5, 5.41) is 9.14. The number of nitrogens with zero attached hydrogens (tertiary/aromatic N) is 1. The number of β-amino-alcohol motifs (C(OH)–C–C–N with tert-alkyl or cyclic N) is 1. The van der Waals surface area contributed by atoms with Crippen LogP contribution in [0.3, 0.4) is 0 Å². The molecule has 1 aliphatic rings. The van der Waals surface area contributed by atoms with E-state index in [0.717, 1.165) is 0 Å². The predicted octanol–water partition coefficient (Wildman–Crippen LogP) is 0.876. The lowest BCUT2D eigenvalue weighted by molar-refractivity contribution is -0.208. The van der Waals surface area contributed by atoms with Gasteiger partial charge in [-0.2, -0.15) is 13.2 Å². The SMILES string of the molecule is CNS(=O)(=O)c1cccc2c1CCN(C[C@H](O)C(F)(F)F)C2. The van der Waals surface area contributed by atoms with E-state index in [9.17, 15) is 21.6 Å². The molecule has 0 aromatic heterocycles. The van der Waals surface area contributed by atoms with Crippen molar-refractivity contribution in [2.45, 2.75) is 30.1 Å². The van der Waals surface area contributed by atoms with E-state index in [1.165, 1.54) is 18.0 Å². The second-order valence-electron chi connectivity index (χ2n) is 5.14. The Morgan fingerprint density at radius 1 is 1.41 bits per heavy atom. The Kier molecular flexibility index (Phi) is 4.81. The zero-order valence-electron chi connectivity index (χ0n) is 11.9. The van der Waals surface area contributed by atoms with E-state index in [4.69, 9.17) is 5.11 Å². The molecular weight excluding hydrogens is 321 g/mol. The highest BCUT2D eigenvalue weighted by Crippen LogP contribution is 2.27. The zero-order chi connectivity index (χ0) is 16.5. The molecule has 1 aromatic carbocycles. The Morgan fingerprint density at radius 2 is 2.09 bits per heavy atom. The van der Waals surface area contributed by atoms with E-state index in [1.54, 1.807) is 12.1 Å². The maximum absolute atomic E-state index is 12.4. The largest absolute Gasteiger partial charge is 0.415 e. The standard InChI is InChI=1S/C13H17F3N2O3S/c1-17-22(20,21)11-4-2-3-9-7-18(6-5-10(9)11)8-12(19)13(14,15)16/h2-4,12,17,19H,5-8H2,1H3/t12-/m0/s1. The molecule has 22 heavy (non-hydrogen) atoms. The van der Waals surface area contributed by atoms with Crippen LogP contribution in [-0.2, 0) is 23.0 Å². The van der Waals surface area contributed by atoms with Crippen molar-refractivity contribution >= 4 is 10.0 Å². The number of hydrogen-bond acceptors (Lipinski definition) is 4. The maximum atomic E-state index is 12.4. The molecule has 1 heterocycles. The topological polar surface area (TPSA) is 69.6 Å². The normalized spacial score (nSPS) is 18.0. The minimum atomic E-state index is -4.66. The van der Waals surface area contributed by atoms with Gasteiger partial charge in [-0.3, -0.25) is 4.90 Å². The van der Waals surface area contributed by atoms with Crippen molar-refractivity contribution in [2.24, 2.45) is 0 Å². The minimum Gasteiger partial charge on any atom is -0.382 e. The maximum Gasteiger partial charge on any atom is 0.415 e. The first-order valence-corrected chi connectivity index (χ1v) is 8.15. The zero-order valence-corrected chi connectivity index (χ0v) is 12.7. The first-order chi connectivity index (χ1) is 10.1. The Labute approximate surface area is 126 Å². The molecule has 9 heteroatoms. The fourth-order valence-corrected chi connectivity index (χ4v) is 3.53. The highest BCUT2D eigenvalue weighted by molar-refractivity contribution is 7.89. The third kappa shape index (κ3) is 3.60. The van der Waals surface area contributed by atoms with Crippen molar-refractivity contribution in [2.75, 3.05) is 20.1 Å². The van der Waals surface area contributed by atoms with Gasteiger partial charge in [-0.25, -0.2) is 13.1 Å². The van der Waals surface area contributed by atoms with Gasteiger partial charge in [0.15, 0.2) is 6.10 Å². The second kappa shape index (κ2) is 6.15. The highest BCUT2D eigenvalue weighted by atomic mass is 32.2. The van der Waals surface area contributed by atoms with E-state index in [0.29, 0.717) is 17.5 Å². The van der Waals surface area contributed by atoms with Crippen LogP contribution in [0.25, 0.3) is 0 Å². The third-order valence-electron chi connectivity index (χ3n) is 3.67. The van der Waals surface area contributed by atoms with Crippen molar-refractivity contribution in [3.05, 3.63) is 29.3 Å². The molecule has 0 bridgehead atoms. The molecule has 0 unspecified atom stereocenters. The number of fused-ring (bicyclic) bond motifs is 1. The summed E-state index contributed by atoms with van der Waals surface area (Å²) in [6.45, 7) is -0.0854. The van der Waals surface area contributed by atoms with Gasteiger partial charge in [-0.15, -0.1) is 0 Å². The van der Waals surface area contributed by atoms with Crippen molar-refractivity contribution in [3.8, 4) is 0 Å². The van der Waals surface area contributed by atoms with Gasteiger partial charge in [-0.05, 0) is 30.7 Å². The lowest BCUT2D eigenvalue weighted by Gasteiger charge is -2.31. The van der Waals surface area contributed by atoms with Gasteiger partial charge in [0.1, 0.15) is 0 Å². The van der Waals surface area contributed by atoms with Crippen molar-refractivity contribution in [1.29, 1.82) is 0 Å². The molecule has 0 saturated carbocycles. The number of aliphatic hydroxyl groups is 1. The smallest absolute Gasteiger partial charge is 0.382 e. The first kappa shape index (κ1) is 17.2. The van der Waals surface area contributed by atoms with Crippen LogP contribution in [0.1, 0.15) is 11.1 Å². The van der Waals surface area contributed by atoms with Crippen LogP contribution in [0.4, 0.5) is 13.2 Å². The number of halogens is 3. The molecule has 1 atom stereocenters. The fraction of sp³-hybridized carbons (Fsp3) is 0.538. The molecule has 0 spiro atoms.